The van der Waals surface area contributed by atoms with E-state index in [1.807, 2.05) is 0 Å². The van der Waals surface area contributed by atoms with Gasteiger partial charge >= 0.3 is 5.97 Å². The molecule has 0 N–H and O–H groups in total. The molecular formula is C16H17FN2O4S. The van der Waals surface area contributed by atoms with Crippen LogP contribution in [0, 0.1) is 5.82 Å². The van der Waals surface area contributed by atoms with Crippen molar-refractivity contribution >= 4 is 16.0 Å². The van der Waals surface area contributed by atoms with Gasteiger partial charge in [0, 0.05) is 18.3 Å². The average molecular weight is 352 g/mol. The average Bonchev–Trinajstić information content (AvgIpc) is 2.55. The number of methoxy groups -OCH3 is 1. The molecule has 0 radical (unpaired) electrons. The third kappa shape index (κ3) is 4.59. The van der Waals surface area contributed by atoms with Crippen LogP contribution in [0.3, 0.4) is 0 Å². The van der Waals surface area contributed by atoms with Crippen LogP contribution in [0.4, 0.5) is 4.39 Å². The molecule has 0 amide bonds. The molecule has 1 aromatic heterocycles. The molecule has 0 aliphatic rings. The number of aromatic nitrogens is 1. The summed E-state index contributed by atoms with van der Waals surface area (Å²) >= 11 is 0. The number of ether oxygens (including phenoxy) is 1. The number of carbonyl (C=O) groups is 1. The van der Waals surface area contributed by atoms with E-state index in [9.17, 15) is 17.6 Å². The zero-order valence-electron chi connectivity index (χ0n) is 13.3. The number of sulfonamides is 1. The van der Waals surface area contributed by atoms with E-state index in [-0.39, 0.29) is 24.2 Å². The fourth-order valence-electron chi connectivity index (χ4n) is 2.09. The lowest BCUT2D eigenvalue weighted by atomic mass is 10.1. The van der Waals surface area contributed by atoms with E-state index >= 15 is 0 Å². The SMILES string of the molecule is COC(=O)c1ccc(F)c(CN(Cc2ccccn2)S(C)(=O)=O)c1. The first-order chi connectivity index (χ1) is 11.3. The van der Waals surface area contributed by atoms with Crippen LogP contribution in [0.1, 0.15) is 21.6 Å². The lowest BCUT2D eigenvalue weighted by Crippen LogP contribution is -2.30. The summed E-state index contributed by atoms with van der Waals surface area (Å²) in [7, 11) is -2.39. The molecule has 1 aromatic carbocycles. The van der Waals surface area contributed by atoms with Gasteiger partial charge in [0.15, 0.2) is 0 Å². The largest absolute Gasteiger partial charge is 0.465 e. The van der Waals surface area contributed by atoms with Gasteiger partial charge in [-0.25, -0.2) is 17.6 Å². The monoisotopic (exact) mass is 352 g/mol. The fourth-order valence-corrected chi connectivity index (χ4v) is 2.83. The van der Waals surface area contributed by atoms with Crippen molar-refractivity contribution in [3.05, 3.63) is 65.2 Å². The molecule has 24 heavy (non-hydrogen) atoms. The third-order valence-electron chi connectivity index (χ3n) is 3.35. The first kappa shape index (κ1) is 18.0. The molecule has 8 heteroatoms. The highest BCUT2D eigenvalue weighted by Gasteiger charge is 2.20. The quantitative estimate of drug-likeness (QED) is 0.743. The highest BCUT2D eigenvalue weighted by Crippen LogP contribution is 2.17. The van der Waals surface area contributed by atoms with E-state index in [1.165, 1.54) is 19.2 Å². The van der Waals surface area contributed by atoms with Crippen LogP contribution in [0.15, 0.2) is 42.6 Å². The lowest BCUT2D eigenvalue weighted by Gasteiger charge is -2.20. The molecule has 0 spiro atoms. The molecule has 0 fully saturated rings. The van der Waals surface area contributed by atoms with Crippen molar-refractivity contribution in [3.8, 4) is 0 Å². The number of nitrogens with zero attached hydrogens (tertiary/aromatic N) is 2. The van der Waals surface area contributed by atoms with Crippen LogP contribution >= 0.6 is 0 Å². The third-order valence-corrected chi connectivity index (χ3v) is 4.54. The van der Waals surface area contributed by atoms with E-state index in [1.54, 1.807) is 24.4 Å². The van der Waals surface area contributed by atoms with Gasteiger partial charge in [-0.05, 0) is 30.3 Å². The Morgan fingerprint density at radius 3 is 2.58 bits per heavy atom. The molecule has 128 valence electrons. The number of hydrogen-bond acceptors (Lipinski definition) is 5. The van der Waals surface area contributed by atoms with Gasteiger partial charge < -0.3 is 4.74 Å². The van der Waals surface area contributed by atoms with Gasteiger partial charge in [0.05, 0.1) is 31.2 Å². The zero-order valence-corrected chi connectivity index (χ0v) is 14.1. The fraction of sp³-hybridized carbons (Fsp3) is 0.250. The Hall–Kier alpha value is -2.32. The van der Waals surface area contributed by atoms with Crippen molar-refractivity contribution in [1.82, 2.24) is 9.29 Å². The number of benzene rings is 1. The molecular weight excluding hydrogens is 335 g/mol. The standard InChI is InChI=1S/C16H17FN2O4S/c1-23-16(20)12-6-7-15(17)13(9-12)10-19(24(2,21)22)11-14-5-3-4-8-18-14/h3-9H,10-11H2,1-2H3. The molecule has 0 atom stereocenters. The Kier molecular flexibility index (Phi) is 5.63. The lowest BCUT2D eigenvalue weighted by molar-refractivity contribution is 0.0600. The smallest absolute Gasteiger partial charge is 0.337 e. The number of esters is 1. The molecule has 0 unspecified atom stereocenters. The summed E-state index contributed by atoms with van der Waals surface area (Å²) in [5.41, 5.74) is 0.770. The molecule has 0 bridgehead atoms. The predicted octanol–water partition coefficient (Wildman–Crippen LogP) is 1.97. The minimum absolute atomic E-state index is 0.00155. The van der Waals surface area contributed by atoms with Crippen LogP contribution in [-0.4, -0.2) is 37.0 Å². The maximum atomic E-state index is 14.0. The van der Waals surface area contributed by atoms with Gasteiger partial charge in [0.1, 0.15) is 5.82 Å². The summed E-state index contributed by atoms with van der Waals surface area (Å²) in [5.74, 6) is -1.22. The molecule has 0 aliphatic carbocycles. The number of carbonyl (C=O) groups excluding carboxylic acids is 1. The zero-order chi connectivity index (χ0) is 17.7. The van der Waals surface area contributed by atoms with Crippen molar-refractivity contribution in [3.63, 3.8) is 0 Å². The van der Waals surface area contributed by atoms with E-state index in [0.29, 0.717) is 5.69 Å². The van der Waals surface area contributed by atoms with E-state index in [0.717, 1.165) is 16.6 Å². The van der Waals surface area contributed by atoms with Crippen molar-refractivity contribution in [1.29, 1.82) is 0 Å². The molecule has 1 heterocycles. The van der Waals surface area contributed by atoms with Crippen molar-refractivity contribution < 1.29 is 22.3 Å². The maximum absolute atomic E-state index is 14.0. The Labute approximate surface area is 139 Å². The van der Waals surface area contributed by atoms with Crippen LogP contribution in [-0.2, 0) is 27.8 Å². The Morgan fingerprint density at radius 2 is 2.00 bits per heavy atom. The second-order valence-corrected chi connectivity index (χ2v) is 7.13. The Balaban J connectivity index is 2.31. The summed E-state index contributed by atoms with van der Waals surface area (Å²) in [4.78, 5) is 15.6. The van der Waals surface area contributed by atoms with E-state index in [4.69, 9.17) is 0 Å². The first-order valence-electron chi connectivity index (χ1n) is 7.03. The number of pyridine rings is 1. The molecule has 0 saturated carbocycles. The second kappa shape index (κ2) is 7.50. The highest BCUT2D eigenvalue weighted by molar-refractivity contribution is 7.88. The van der Waals surface area contributed by atoms with Gasteiger partial charge in [-0.2, -0.15) is 4.31 Å². The second-order valence-electron chi connectivity index (χ2n) is 5.15. The van der Waals surface area contributed by atoms with E-state index in [2.05, 4.69) is 9.72 Å². The van der Waals surface area contributed by atoms with Crippen LogP contribution in [0.5, 0.6) is 0 Å². The molecule has 6 nitrogen and oxygen atoms in total. The summed E-state index contributed by atoms with van der Waals surface area (Å²) < 4.78 is 43.7. The summed E-state index contributed by atoms with van der Waals surface area (Å²) in [5, 5.41) is 0. The highest BCUT2D eigenvalue weighted by atomic mass is 32.2. The van der Waals surface area contributed by atoms with Crippen LogP contribution in [0.25, 0.3) is 0 Å². The van der Waals surface area contributed by atoms with Gasteiger partial charge in [-0.3, -0.25) is 4.98 Å². The summed E-state index contributed by atoms with van der Waals surface area (Å²) in [6.45, 7) is -0.215. The van der Waals surface area contributed by atoms with Gasteiger partial charge in [0.25, 0.3) is 0 Å². The van der Waals surface area contributed by atoms with Crippen LogP contribution < -0.4 is 0 Å². The van der Waals surface area contributed by atoms with Gasteiger partial charge in [-0.1, -0.05) is 6.07 Å². The van der Waals surface area contributed by atoms with Crippen LogP contribution in [0.2, 0.25) is 0 Å². The van der Waals surface area contributed by atoms with Crippen molar-refractivity contribution in [2.24, 2.45) is 0 Å². The summed E-state index contributed by atoms with van der Waals surface area (Å²) in [6.07, 6.45) is 2.59. The minimum atomic E-state index is -3.61. The molecule has 0 aliphatic heterocycles. The molecule has 2 aromatic rings. The summed E-state index contributed by atoms with van der Waals surface area (Å²) in [6, 6.07) is 8.82. The van der Waals surface area contributed by atoms with Crippen molar-refractivity contribution in [2.75, 3.05) is 13.4 Å². The minimum Gasteiger partial charge on any atom is -0.465 e. The first-order valence-corrected chi connectivity index (χ1v) is 8.88. The number of rotatable bonds is 6. The predicted molar refractivity (Wildman–Crippen MR) is 86.1 cm³/mol. The normalized spacial score (nSPS) is 11.5. The topological polar surface area (TPSA) is 76.6 Å². The Bertz CT molecular complexity index is 825. The maximum Gasteiger partial charge on any atom is 0.337 e. The van der Waals surface area contributed by atoms with Crippen molar-refractivity contribution in [2.45, 2.75) is 13.1 Å². The number of hydrogen-bond donors (Lipinski definition) is 0. The van der Waals surface area contributed by atoms with Gasteiger partial charge in [-0.15, -0.1) is 0 Å². The molecule has 0 saturated heterocycles. The van der Waals surface area contributed by atoms with Gasteiger partial charge in [0.2, 0.25) is 10.0 Å². The number of halogens is 1. The molecule has 2 rings (SSSR count). The van der Waals surface area contributed by atoms with E-state index < -0.39 is 21.8 Å². The Morgan fingerprint density at radius 1 is 1.25 bits per heavy atom.